The summed E-state index contributed by atoms with van der Waals surface area (Å²) < 4.78 is 27.2. The molecule has 0 aromatic heterocycles. The Bertz CT molecular complexity index is 804. The Morgan fingerprint density at radius 3 is 2.38 bits per heavy atom. The van der Waals surface area contributed by atoms with Crippen LogP contribution >= 0.6 is 0 Å². The molecule has 2 aromatic carbocycles. The van der Waals surface area contributed by atoms with Crippen LogP contribution in [-0.2, 0) is 10.0 Å². The summed E-state index contributed by atoms with van der Waals surface area (Å²) in [6.07, 6.45) is 2.12. The Labute approximate surface area is 124 Å². The molecular weight excluding hydrogens is 284 g/mol. The normalized spacial score (nSPS) is 14.4. The number of benzene rings is 2. The summed E-state index contributed by atoms with van der Waals surface area (Å²) in [4.78, 5) is 0.186. The molecule has 0 amide bonds. The molecule has 0 aliphatic heterocycles. The minimum absolute atomic E-state index is 0.186. The summed E-state index contributed by atoms with van der Waals surface area (Å²) >= 11 is 0. The standard InChI is InChI=1S/C16H14N2O2S/c17-11-15-14(12-9-10-12)7-4-8-16(15)18-21(19,20)13-5-2-1-3-6-13/h1-8,12,18H,9-10H2. The van der Waals surface area contributed by atoms with Crippen LogP contribution in [0.1, 0.15) is 29.9 Å². The maximum Gasteiger partial charge on any atom is 0.261 e. The zero-order valence-electron chi connectivity index (χ0n) is 11.3. The van der Waals surface area contributed by atoms with Gasteiger partial charge in [0.25, 0.3) is 10.0 Å². The van der Waals surface area contributed by atoms with E-state index in [9.17, 15) is 13.7 Å². The van der Waals surface area contributed by atoms with Crippen LogP contribution in [0.2, 0.25) is 0 Å². The molecule has 0 unspecified atom stereocenters. The molecule has 4 nitrogen and oxygen atoms in total. The van der Waals surface area contributed by atoms with Gasteiger partial charge in [0.15, 0.2) is 0 Å². The van der Waals surface area contributed by atoms with Crippen LogP contribution < -0.4 is 4.72 Å². The van der Waals surface area contributed by atoms with E-state index in [0.29, 0.717) is 17.2 Å². The Morgan fingerprint density at radius 2 is 1.76 bits per heavy atom. The van der Waals surface area contributed by atoms with Crippen LogP contribution in [0.4, 0.5) is 5.69 Å². The average molecular weight is 298 g/mol. The Kier molecular flexibility index (Phi) is 3.40. The van der Waals surface area contributed by atoms with Gasteiger partial charge < -0.3 is 0 Å². The maximum atomic E-state index is 12.3. The van der Waals surface area contributed by atoms with Gasteiger partial charge in [0.2, 0.25) is 0 Å². The molecule has 2 aromatic rings. The third kappa shape index (κ3) is 2.76. The lowest BCUT2D eigenvalue weighted by Gasteiger charge is -2.12. The van der Waals surface area contributed by atoms with E-state index in [-0.39, 0.29) is 4.90 Å². The van der Waals surface area contributed by atoms with Gasteiger partial charge in [-0.15, -0.1) is 0 Å². The highest BCUT2D eigenvalue weighted by molar-refractivity contribution is 7.92. The quantitative estimate of drug-likeness (QED) is 0.942. The molecule has 1 saturated carbocycles. The zero-order valence-corrected chi connectivity index (χ0v) is 12.1. The van der Waals surface area contributed by atoms with Gasteiger partial charge in [0, 0.05) is 0 Å². The average Bonchev–Trinajstić information content (AvgIpc) is 3.32. The third-order valence-electron chi connectivity index (χ3n) is 3.52. The number of anilines is 1. The van der Waals surface area contributed by atoms with E-state index in [1.807, 2.05) is 6.07 Å². The summed E-state index contributed by atoms with van der Waals surface area (Å²) in [6.45, 7) is 0. The van der Waals surface area contributed by atoms with Crippen molar-refractivity contribution in [3.05, 3.63) is 59.7 Å². The van der Waals surface area contributed by atoms with Crippen LogP contribution in [0.3, 0.4) is 0 Å². The third-order valence-corrected chi connectivity index (χ3v) is 4.90. The fraction of sp³-hybridized carbons (Fsp3) is 0.188. The van der Waals surface area contributed by atoms with Crippen molar-refractivity contribution >= 4 is 15.7 Å². The number of hydrogen-bond acceptors (Lipinski definition) is 3. The molecule has 5 heteroatoms. The van der Waals surface area contributed by atoms with E-state index in [4.69, 9.17) is 0 Å². The first-order valence-electron chi connectivity index (χ1n) is 6.73. The summed E-state index contributed by atoms with van der Waals surface area (Å²) in [7, 11) is -3.67. The van der Waals surface area contributed by atoms with E-state index in [0.717, 1.165) is 18.4 Å². The van der Waals surface area contributed by atoms with Gasteiger partial charge in [0.05, 0.1) is 16.1 Å². The number of nitriles is 1. The summed E-state index contributed by atoms with van der Waals surface area (Å²) in [5.74, 6) is 0.390. The van der Waals surface area contributed by atoms with Crippen molar-refractivity contribution in [1.82, 2.24) is 0 Å². The molecular formula is C16H14N2O2S. The van der Waals surface area contributed by atoms with Crippen molar-refractivity contribution in [3.63, 3.8) is 0 Å². The molecule has 1 aliphatic rings. The lowest BCUT2D eigenvalue weighted by atomic mass is 10.0. The summed E-state index contributed by atoms with van der Waals surface area (Å²) in [5, 5.41) is 9.36. The predicted molar refractivity (Wildman–Crippen MR) is 80.4 cm³/mol. The Hall–Kier alpha value is -2.32. The van der Waals surface area contributed by atoms with Crippen molar-refractivity contribution in [2.24, 2.45) is 0 Å². The number of hydrogen-bond donors (Lipinski definition) is 1. The molecule has 0 bridgehead atoms. The highest BCUT2D eigenvalue weighted by Crippen LogP contribution is 2.43. The van der Waals surface area contributed by atoms with Gasteiger partial charge >= 0.3 is 0 Å². The molecule has 0 saturated heterocycles. The van der Waals surface area contributed by atoms with Crippen LogP contribution in [0.5, 0.6) is 0 Å². The molecule has 0 heterocycles. The maximum absolute atomic E-state index is 12.3. The van der Waals surface area contributed by atoms with Crippen molar-refractivity contribution in [2.75, 3.05) is 4.72 Å². The number of nitrogens with zero attached hydrogens (tertiary/aromatic N) is 1. The molecule has 0 atom stereocenters. The van der Waals surface area contributed by atoms with E-state index in [1.165, 1.54) is 12.1 Å². The minimum Gasteiger partial charge on any atom is -0.278 e. The van der Waals surface area contributed by atoms with E-state index < -0.39 is 10.0 Å². The van der Waals surface area contributed by atoms with Crippen molar-refractivity contribution in [1.29, 1.82) is 5.26 Å². The SMILES string of the molecule is N#Cc1c(NS(=O)(=O)c2ccccc2)cccc1C1CC1. The molecule has 0 radical (unpaired) electrons. The van der Waals surface area contributed by atoms with E-state index in [1.54, 1.807) is 30.3 Å². The summed E-state index contributed by atoms with van der Waals surface area (Å²) in [5.41, 5.74) is 1.72. The molecule has 21 heavy (non-hydrogen) atoms. The zero-order chi connectivity index (χ0) is 14.9. The van der Waals surface area contributed by atoms with Gasteiger partial charge in [-0.2, -0.15) is 5.26 Å². The highest BCUT2D eigenvalue weighted by Gasteiger charge is 2.28. The first-order chi connectivity index (χ1) is 10.1. The Morgan fingerprint density at radius 1 is 1.05 bits per heavy atom. The lowest BCUT2D eigenvalue weighted by molar-refractivity contribution is 0.601. The molecule has 3 rings (SSSR count). The first kappa shape index (κ1) is 13.7. The number of nitrogens with one attached hydrogen (secondary N) is 1. The highest BCUT2D eigenvalue weighted by atomic mass is 32.2. The molecule has 1 N–H and O–H groups in total. The van der Waals surface area contributed by atoms with Crippen LogP contribution in [0, 0.1) is 11.3 Å². The van der Waals surface area contributed by atoms with Gasteiger partial charge in [-0.25, -0.2) is 8.42 Å². The van der Waals surface area contributed by atoms with Gasteiger partial charge in [0.1, 0.15) is 6.07 Å². The second-order valence-electron chi connectivity index (χ2n) is 5.07. The number of sulfonamides is 1. The molecule has 0 spiro atoms. The number of rotatable bonds is 4. The van der Waals surface area contributed by atoms with Gasteiger partial charge in [-0.05, 0) is 42.5 Å². The van der Waals surface area contributed by atoms with E-state index >= 15 is 0 Å². The topological polar surface area (TPSA) is 70.0 Å². The smallest absolute Gasteiger partial charge is 0.261 e. The van der Waals surface area contributed by atoms with Crippen LogP contribution in [-0.4, -0.2) is 8.42 Å². The molecule has 1 fully saturated rings. The monoisotopic (exact) mass is 298 g/mol. The van der Waals surface area contributed by atoms with Crippen LogP contribution in [0.25, 0.3) is 0 Å². The fourth-order valence-electron chi connectivity index (χ4n) is 2.32. The molecule has 1 aliphatic carbocycles. The van der Waals surface area contributed by atoms with E-state index in [2.05, 4.69) is 10.8 Å². The Balaban J connectivity index is 1.99. The minimum atomic E-state index is -3.67. The van der Waals surface area contributed by atoms with Crippen molar-refractivity contribution in [3.8, 4) is 6.07 Å². The second kappa shape index (κ2) is 5.23. The van der Waals surface area contributed by atoms with Crippen molar-refractivity contribution < 1.29 is 8.42 Å². The first-order valence-corrected chi connectivity index (χ1v) is 8.21. The van der Waals surface area contributed by atoms with Crippen molar-refractivity contribution in [2.45, 2.75) is 23.7 Å². The lowest BCUT2D eigenvalue weighted by Crippen LogP contribution is -2.14. The predicted octanol–water partition coefficient (Wildman–Crippen LogP) is 3.24. The fourth-order valence-corrected chi connectivity index (χ4v) is 3.41. The molecule has 106 valence electrons. The van der Waals surface area contributed by atoms with Crippen LogP contribution in [0.15, 0.2) is 53.4 Å². The largest absolute Gasteiger partial charge is 0.278 e. The van der Waals surface area contributed by atoms with Gasteiger partial charge in [-0.1, -0.05) is 30.3 Å². The van der Waals surface area contributed by atoms with Gasteiger partial charge in [-0.3, -0.25) is 4.72 Å². The summed E-state index contributed by atoms with van der Waals surface area (Å²) in [6, 6.07) is 15.6. The second-order valence-corrected chi connectivity index (χ2v) is 6.76.